The molecule has 0 atom stereocenters. The van der Waals surface area contributed by atoms with Crippen LogP contribution in [0.3, 0.4) is 0 Å². The Hall–Kier alpha value is -2.18. The molecular weight excluding hydrogens is 318 g/mol. The molecule has 1 aromatic carbocycles. The molecular formula is C19H23N3O3. The molecule has 1 aliphatic rings. The van der Waals surface area contributed by atoms with Crippen LogP contribution in [0.5, 0.6) is 0 Å². The van der Waals surface area contributed by atoms with Crippen molar-refractivity contribution in [2.24, 2.45) is 5.41 Å². The second kappa shape index (κ2) is 6.28. The van der Waals surface area contributed by atoms with E-state index in [1.54, 1.807) is 11.0 Å². The third-order valence-electron chi connectivity index (χ3n) is 5.36. The molecule has 25 heavy (non-hydrogen) atoms. The Morgan fingerprint density at radius 3 is 2.52 bits per heavy atom. The molecule has 4 rings (SSSR count). The van der Waals surface area contributed by atoms with Crippen LogP contribution in [0.25, 0.3) is 11.0 Å². The number of hydrogen-bond donors (Lipinski definition) is 0. The Kier molecular flexibility index (Phi) is 4.09. The summed E-state index contributed by atoms with van der Waals surface area (Å²) in [5.41, 5.74) is 0.878. The molecule has 2 aromatic heterocycles. The monoisotopic (exact) mass is 341 g/mol. The molecule has 6 heteroatoms. The summed E-state index contributed by atoms with van der Waals surface area (Å²) in [6, 6.07) is 9.93. The van der Waals surface area contributed by atoms with E-state index >= 15 is 0 Å². The van der Waals surface area contributed by atoms with Gasteiger partial charge in [-0.15, -0.1) is 0 Å². The normalized spacial score (nSPS) is 19.3. The largest absolute Gasteiger partial charge is 0.455 e. The highest BCUT2D eigenvalue weighted by atomic mass is 16.7. The summed E-state index contributed by atoms with van der Waals surface area (Å²) >= 11 is 0. The third-order valence-corrected chi connectivity index (χ3v) is 5.36. The van der Waals surface area contributed by atoms with Crippen LogP contribution in [0, 0.1) is 5.41 Å². The lowest BCUT2D eigenvalue weighted by Gasteiger charge is -2.44. The zero-order valence-electron chi connectivity index (χ0n) is 14.6. The average Bonchev–Trinajstić information content (AvgIpc) is 3.32. The standard InChI is InChI=1S/C19H23N3O3/c1-3-18(4-2)11-23-19(24-12-18,10-22-14-20-13-21-22)17-9-15-7-5-6-8-16(15)25-17/h5-9,13-14H,3-4,10-12H2,1-2H3. The van der Waals surface area contributed by atoms with Gasteiger partial charge >= 0.3 is 0 Å². The van der Waals surface area contributed by atoms with Gasteiger partial charge in [0, 0.05) is 10.8 Å². The summed E-state index contributed by atoms with van der Waals surface area (Å²) in [7, 11) is 0. The van der Waals surface area contributed by atoms with Crippen molar-refractivity contribution < 1.29 is 13.9 Å². The molecule has 0 bridgehead atoms. The molecule has 0 N–H and O–H groups in total. The van der Waals surface area contributed by atoms with E-state index in [1.165, 1.54) is 6.33 Å². The number of fused-ring (bicyclic) bond motifs is 1. The second-order valence-corrected chi connectivity index (χ2v) is 6.78. The van der Waals surface area contributed by atoms with Crippen LogP contribution in [0.4, 0.5) is 0 Å². The van der Waals surface area contributed by atoms with E-state index in [2.05, 4.69) is 23.9 Å². The van der Waals surface area contributed by atoms with Crippen molar-refractivity contribution in [1.82, 2.24) is 14.8 Å². The molecule has 3 heterocycles. The van der Waals surface area contributed by atoms with Gasteiger partial charge in [0.15, 0.2) is 5.76 Å². The minimum Gasteiger partial charge on any atom is -0.455 e. The van der Waals surface area contributed by atoms with E-state index < -0.39 is 5.79 Å². The first-order valence-electron chi connectivity index (χ1n) is 8.78. The Morgan fingerprint density at radius 2 is 1.88 bits per heavy atom. The quantitative estimate of drug-likeness (QED) is 0.707. The van der Waals surface area contributed by atoms with Gasteiger partial charge in [0.25, 0.3) is 0 Å². The van der Waals surface area contributed by atoms with Gasteiger partial charge in [0.2, 0.25) is 5.79 Å². The van der Waals surface area contributed by atoms with Crippen LogP contribution < -0.4 is 0 Å². The lowest BCUT2D eigenvalue weighted by molar-refractivity contribution is -0.327. The van der Waals surface area contributed by atoms with Crippen molar-refractivity contribution in [3.8, 4) is 0 Å². The molecule has 0 amide bonds. The summed E-state index contributed by atoms with van der Waals surface area (Å²) in [5, 5.41) is 5.25. The maximum atomic E-state index is 6.35. The minimum atomic E-state index is -0.986. The van der Waals surface area contributed by atoms with E-state index in [4.69, 9.17) is 13.9 Å². The molecule has 0 aliphatic carbocycles. The van der Waals surface area contributed by atoms with Gasteiger partial charge in [-0.3, -0.25) is 0 Å². The molecule has 1 saturated heterocycles. The maximum Gasteiger partial charge on any atom is 0.248 e. The smallest absolute Gasteiger partial charge is 0.248 e. The summed E-state index contributed by atoms with van der Waals surface area (Å²) in [4.78, 5) is 4.03. The molecule has 6 nitrogen and oxygen atoms in total. The number of furan rings is 1. The lowest BCUT2D eigenvalue weighted by Crippen LogP contribution is -2.49. The van der Waals surface area contributed by atoms with Crippen molar-refractivity contribution in [2.45, 2.75) is 39.0 Å². The molecule has 132 valence electrons. The average molecular weight is 341 g/mol. The first-order chi connectivity index (χ1) is 12.2. The van der Waals surface area contributed by atoms with E-state index in [0.29, 0.717) is 25.5 Å². The van der Waals surface area contributed by atoms with Gasteiger partial charge in [-0.05, 0) is 25.0 Å². The fourth-order valence-corrected chi connectivity index (χ4v) is 3.29. The zero-order valence-corrected chi connectivity index (χ0v) is 14.6. The van der Waals surface area contributed by atoms with E-state index in [1.807, 2.05) is 30.3 Å². The zero-order chi connectivity index (χ0) is 17.3. The number of hydrogen-bond acceptors (Lipinski definition) is 5. The molecule has 0 saturated carbocycles. The van der Waals surface area contributed by atoms with Gasteiger partial charge < -0.3 is 13.9 Å². The van der Waals surface area contributed by atoms with Gasteiger partial charge in [0.1, 0.15) is 24.8 Å². The van der Waals surface area contributed by atoms with Crippen molar-refractivity contribution in [3.05, 3.63) is 48.7 Å². The summed E-state index contributed by atoms with van der Waals surface area (Å²) in [6.45, 7) is 6.03. The maximum absolute atomic E-state index is 6.35. The Balaban J connectivity index is 1.72. The fourth-order valence-electron chi connectivity index (χ4n) is 3.29. The van der Waals surface area contributed by atoms with Crippen LogP contribution in [0.1, 0.15) is 32.4 Å². The first kappa shape index (κ1) is 16.3. The topological polar surface area (TPSA) is 62.3 Å². The van der Waals surface area contributed by atoms with Crippen LogP contribution >= 0.6 is 0 Å². The van der Waals surface area contributed by atoms with Crippen molar-refractivity contribution >= 4 is 11.0 Å². The highest BCUT2D eigenvalue weighted by molar-refractivity contribution is 5.77. The molecule has 1 fully saturated rings. The Bertz CT molecular complexity index is 794. The highest BCUT2D eigenvalue weighted by Crippen LogP contribution is 2.42. The SMILES string of the molecule is CCC1(CC)COC(Cn2cncn2)(c2cc3ccccc3o2)OC1. The molecule has 3 aromatic rings. The van der Waals surface area contributed by atoms with Gasteiger partial charge in [-0.25, -0.2) is 9.67 Å². The molecule has 0 unspecified atom stereocenters. The third kappa shape index (κ3) is 2.85. The number of nitrogens with zero attached hydrogens (tertiary/aromatic N) is 3. The van der Waals surface area contributed by atoms with Gasteiger partial charge in [-0.2, -0.15) is 5.10 Å². The molecule has 0 radical (unpaired) electrons. The van der Waals surface area contributed by atoms with Gasteiger partial charge in [0.05, 0.1) is 13.2 Å². The van der Waals surface area contributed by atoms with Gasteiger partial charge in [-0.1, -0.05) is 32.0 Å². The Morgan fingerprint density at radius 1 is 1.12 bits per heavy atom. The lowest BCUT2D eigenvalue weighted by atomic mass is 9.83. The minimum absolute atomic E-state index is 0.0535. The number of benzene rings is 1. The summed E-state index contributed by atoms with van der Waals surface area (Å²) in [6.07, 6.45) is 5.21. The predicted molar refractivity (Wildman–Crippen MR) is 92.8 cm³/mol. The summed E-state index contributed by atoms with van der Waals surface area (Å²) < 4.78 is 20.5. The highest BCUT2D eigenvalue weighted by Gasteiger charge is 2.47. The summed E-state index contributed by atoms with van der Waals surface area (Å²) in [5.74, 6) is -0.314. The van der Waals surface area contributed by atoms with E-state index in [-0.39, 0.29) is 5.41 Å². The predicted octanol–water partition coefficient (Wildman–Crippen LogP) is 3.73. The molecule has 0 spiro atoms. The van der Waals surface area contributed by atoms with Crippen LogP contribution in [0.2, 0.25) is 0 Å². The Labute approximate surface area is 146 Å². The van der Waals surface area contributed by atoms with Crippen molar-refractivity contribution in [1.29, 1.82) is 0 Å². The van der Waals surface area contributed by atoms with Crippen LogP contribution in [-0.2, 0) is 21.8 Å². The molecule has 1 aliphatic heterocycles. The van der Waals surface area contributed by atoms with Crippen LogP contribution in [-0.4, -0.2) is 28.0 Å². The van der Waals surface area contributed by atoms with Crippen LogP contribution in [0.15, 0.2) is 47.4 Å². The van der Waals surface area contributed by atoms with Crippen molar-refractivity contribution in [2.75, 3.05) is 13.2 Å². The van der Waals surface area contributed by atoms with E-state index in [0.717, 1.165) is 23.8 Å². The van der Waals surface area contributed by atoms with Crippen molar-refractivity contribution in [3.63, 3.8) is 0 Å². The second-order valence-electron chi connectivity index (χ2n) is 6.78. The number of para-hydroxylation sites is 1. The number of aromatic nitrogens is 3. The number of rotatable bonds is 5. The number of ether oxygens (including phenoxy) is 2. The first-order valence-corrected chi connectivity index (χ1v) is 8.78. The van der Waals surface area contributed by atoms with E-state index in [9.17, 15) is 0 Å². The fraction of sp³-hybridized carbons (Fsp3) is 0.474.